The highest BCUT2D eigenvalue weighted by Gasteiger charge is 2.34. The van der Waals surface area contributed by atoms with Crippen LogP contribution in [0.2, 0.25) is 0 Å². The fourth-order valence-corrected chi connectivity index (χ4v) is 3.83. The maximum atomic E-state index is 13.2. The second-order valence-electron chi connectivity index (χ2n) is 8.72. The fraction of sp³-hybridized carbons (Fsp3) is 0.292. The molecule has 31 heavy (non-hydrogen) atoms. The van der Waals surface area contributed by atoms with Gasteiger partial charge in [0.2, 0.25) is 0 Å². The van der Waals surface area contributed by atoms with E-state index in [0.717, 1.165) is 22.4 Å². The van der Waals surface area contributed by atoms with Gasteiger partial charge in [-0.1, -0.05) is 30.3 Å². The number of anilines is 1. The molecule has 1 aromatic carbocycles. The molecule has 0 spiro atoms. The Labute approximate surface area is 181 Å². The number of nitrogens with zero attached hydrogens (tertiary/aromatic N) is 2. The number of aromatic amines is 1. The van der Waals surface area contributed by atoms with Gasteiger partial charge in [0.05, 0.1) is 18.8 Å². The minimum Gasteiger partial charge on any atom is -0.444 e. The van der Waals surface area contributed by atoms with Crippen LogP contribution in [0, 0.1) is 0 Å². The average molecular weight is 418 g/mol. The van der Waals surface area contributed by atoms with E-state index in [0.29, 0.717) is 23.5 Å². The smallest absolute Gasteiger partial charge is 0.411 e. The molecule has 0 bridgehead atoms. The van der Waals surface area contributed by atoms with Gasteiger partial charge in [0.25, 0.3) is 0 Å². The van der Waals surface area contributed by atoms with Crippen LogP contribution in [0.15, 0.2) is 48.7 Å². The van der Waals surface area contributed by atoms with Crippen molar-refractivity contribution in [1.82, 2.24) is 14.9 Å². The summed E-state index contributed by atoms with van der Waals surface area (Å²) in [7, 11) is 0. The molecule has 160 valence electrons. The molecule has 0 fully saturated rings. The first-order valence-electron chi connectivity index (χ1n) is 10.2. The van der Waals surface area contributed by atoms with Gasteiger partial charge >= 0.3 is 6.09 Å². The third kappa shape index (κ3) is 4.45. The lowest BCUT2D eigenvalue weighted by Crippen LogP contribution is -2.42. The van der Waals surface area contributed by atoms with Gasteiger partial charge in [-0.15, -0.1) is 0 Å². The maximum absolute atomic E-state index is 13.2. The van der Waals surface area contributed by atoms with Crippen LogP contribution in [0.1, 0.15) is 48.0 Å². The van der Waals surface area contributed by atoms with Crippen LogP contribution < -0.4 is 5.73 Å². The number of ether oxygens (including phenoxy) is 1. The van der Waals surface area contributed by atoms with E-state index in [1.807, 2.05) is 36.4 Å². The van der Waals surface area contributed by atoms with E-state index in [1.165, 1.54) is 4.90 Å². The zero-order chi connectivity index (χ0) is 22.2. The fourth-order valence-electron chi connectivity index (χ4n) is 3.83. The Bertz CT molecular complexity index is 1130. The minimum absolute atomic E-state index is 0.0144. The molecule has 3 N–H and O–H groups in total. The van der Waals surface area contributed by atoms with Crippen molar-refractivity contribution in [3.8, 4) is 11.3 Å². The molecule has 7 nitrogen and oxygen atoms in total. The molecule has 7 heteroatoms. The number of nitrogens with two attached hydrogens (primary N) is 1. The van der Waals surface area contributed by atoms with Gasteiger partial charge in [-0.05, 0) is 44.0 Å². The quantitative estimate of drug-likeness (QED) is 0.664. The normalized spacial score (nSPS) is 13.8. The van der Waals surface area contributed by atoms with Crippen molar-refractivity contribution in [3.05, 3.63) is 71.0 Å². The Kier molecular flexibility index (Phi) is 5.27. The van der Waals surface area contributed by atoms with Crippen molar-refractivity contribution in [2.24, 2.45) is 0 Å². The molecule has 0 atom stereocenters. The molecule has 2 aromatic heterocycles. The Morgan fingerprint density at radius 2 is 1.94 bits per heavy atom. The zero-order valence-corrected chi connectivity index (χ0v) is 17.9. The number of hydrogen-bond acceptors (Lipinski definition) is 5. The van der Waals surface area contributed by atoms with Crippen LogP contribution >= 0.6 is 0 Å². The van der Waals surface area contributed by atoms with Crippen LogP contribution in [0.3, 0.4) is 0 Å². The lowest BCUT2D eigenvalue weighted by molar-refractivity contribution is 0.0218. The monoisotopic (exact) mass is 418 g/mol. The molecule has 0 unspecified atom stereocenters. The highest BCUT2D eigenvalue weighted by molar-refractivity contribution is 6.04. The van der Waals surface area contributed by atoms with E-state index in [9.17, 15) is 9.59 Å². The molecular weight excluding hydrogens is 392 g/mol. The van der Waals surface area contributed by atoms with Crippen molar-refractivity contribution in [1.29, 1.82) is 0 Å². The third-order valence-corrected chi connectivity index (χ3v) is 5.09. The molecule has 0 radical (unpaired) electrons. The van der Waals surface area contributed by atoms with Gasteiger partial charge in [0.1, 0.15) is 11.4 Å². The van der Waals surface area contributed by atoms with Gasteiger partial charge in [0, 0.05) is 29.4 Å². The molecule has 0 saturated carbocycles. The van der Waals surface area contributed by atoms with E-state index in [-0.39, 0.29) is 18.9 Å². The number of pyridine rings is 1. The number of ketones is 1. The van der Waals surface area contributed by atoms with Crippen LogP contribution in [-0.4, -0.2) is 38.9 Å². The van der Waals surface area contributed by atoms with E-state index in [1.54, 1.807) is 33.0 Å². The number of rotatable bonds is 3. The number of aromatic nitrogens is 2. The topological polar surface area (TPSA) is 101 Å². The number of fused-ring (bicyclic) bond motifs is 1. The summed E-state index contributed by atoms with van der Waals surface area (Å²) in [5.74, 6) is 0.292. The first kappa shape index (κ1) is 20.7. The third-order valence-electron chi connectivity index (χ3n) is 5.09. The molecule has 1 aliphatic rings. The molecular formula is C24H26N4O3. The van der Waals surface area contributed by atoms with E-state index >= 15 is 0 Å². The number of carbonyl (C=O) groups excluding carboxylic acids is 2. The van der Waals surface area contributed by atoms with Crippen molar-refractivity contribution in [3.63, 3.8) is 0 Å². The first-order valence-corrected chi connectivity index (χ1v) is 10.2. The Balaban J connectivity index is 1.76. The summed E-state index contributed by atoms with van der Waals surface area (Å²) in [6.45, 7) is 5.68. The number of benzene rings is 1. The number of nitrogen functional groups attached to an aromatic ring is 1. The van der Waals surface area contributed by atoms with Gasteiger partial charge in [-0.25, -0.2) is 9.78 Å². The zero-order valence-electron chi connectivity index (χ0n) is 17.9. The summed E-state index contributed by atoms with van der Waals surface area (Å²) < 4.78 is 5.47. The van der Waals surface area contributed by atoms with Crippen molar-refractivity contribution in [2.45, 2.75) is 39.3 Å². The number of carbonyl (C=O) groups is 2. The molecule has 3 aromatic rings. The van der Waals surface area contributed by atoms with Crippen molar-refractivity contribution in [2.75, 3.05) is 12.3 Å². The lowest BCUT2D eigenvalue weighted by atomic mass is 9.94. The van der Waals surface area contributed by atoms with Gasteiger partial charge in [-0.2, -0.15) is 0 Å². The van der Waals surface area contributed by atoms with Crippen LogP contribution in [-0.2, 0) is 17.7 Å². The first-order chi connectivity index (χ1) is 14.7. The number of Topliss-reactive ketones (excluding diaryl/α,β-unsaturated/α-hetero) is 1. The Morgan fingerprint density at radius 1 is 1.19 bits per heavy atom. The van der Waals surface area contributed by atoms with Gasteiger partial charge in [-0.3, -0.25) is 9.69 Å². The summed E-state index contributed by atoms with van der Waals surface area (Å²) in [5, 5.41) is 0. The SMILES string of the molecule is CC(C)(C)OC(=O)N1CC(=O)c2c([nH]c(-c3ccnc(N)c3)c2Cc2ccccc2)C1. The summed E-state index contributed by atoms with van der Waals surface area (Å²) in [6, 6.07) is 13.6. The summed E-state index contributed by atoms with van der Waals surface area (Å²) in [4.78, 5) is 34.7. The largest absolute Gasteiger partial charge is 0.444 e. The van der Waals surface area contributed by atoms with E-state index < -0.39 is 11.7 Å². The second-order valence-corrected chi connectivity index (χ2v) is 8.72. The molecule has 0 aliphatic carbocycles. The number of amides is 1. The summed E-state index contributed by atoms with van der Waals surface area (Å²) in [6.07, 6.45) is 1.73. The Hall–Kier alpha value is -3.61. The van der Waals surface area contributed by atoms with Crippen LogP contribution in [0.5, 0.6) is 0 Å². The summed E-state index contributed by atoms with van der Waals surface area (Å²) >= 11 is 0. The predicted octanol–water partition coefficient (Wildman–Crippen LogP) is 4.18. The van der Waals surface area contributed by atoms with Gasteiger partial charge in [0.15, 0.2) is 5.78 Å². The maximum Gasteiger partial charge on any atom is 0.411 e. The molecule has 0 saturated heterocycles. The number of H-pyrrole nitrogens is 1. The number of nitrogens with one attached hydrogen (secondary N) is 1. The lowest BCUT2D eigenvalue weighted by Gasteiger charge is -2.29. The van der Waals surface area contributed by atoms with Crippen molar-refractivity contribution < 1.29 is 14.3 Å². The van der Waals surface area contributed by atoms with Crippen LogP contribution in [0.4, 0.5) is 10.6 Å². The van der Waals surface area contributed by atoms with E-state index in [2.05, 4.69) is 9.97 Å². The Morgan fingerprint density at radius 3 is 2.61 bits per heavy atom. The molecule has 1 aliphatic heterocycles. The van der Waals surface area contributed by atoms with E-state index in [4.69, 9.17) is 10.5 Å². The molecule has 4 rings (SSSR count). The number of hydrogen-bond donors (Lipinski definition) is 2. The standard InChI is InChI=1S/C24H26N4O3/c1-24(2,3)31-23(30)28-13-18-21(19(29)14-28)17(11-15-7-5-4-6-8-15)22(27-18)16-9-10-26-20(25)12-16/h4-10,12,27H,11,13-14H2,1-3H3,(H2,25,26). The molecule has 1 amide bonds. The average Bonchev–Trinajstić information content (AvgIpc) is 3.06. The minimum atomic E-state index is -0.631. The highest BCUT2D eigenvalue weighted by atomic mass is 16.6. The van der Waals surface area contributed by atoms with Crippen LogP contribution in [0.25, 0.3) is 11.3 Å². The second kappa shape index (κ2) is 7.91. The van der Waals surface area contributed by atoms with Crippen molar-refractivity contribution >= 4 is 17.7 Å². The van der Waals surface area contributed by atoms with Gasteiger partial charge < -0.3 is 15.5 Å². The molecule has 3 heterocycles. The highest BCUT2D eigenvalue weighted by Crippen LogP contribution is 2.34. The predicted molar refractivity (Wildman–Crippen MR) is 119 cm³/mol. The summed E-state index contributed by atoms with van der Waals surface area (Å²) in [5.41, 5.74) is 10.3.